The maximum Gasteiger partial charge on any atom is 0.308 e. The largest absolute Gasteiger partial charge is 0.481 e. The minimum absolute atomic E-state index is 0.0186. The van der Waals surface area contributed by atoms with Gasteiger partial charge in [-0.1, -0.05) is 36.4 Å². The molecule has 0 saturated carbocycles. The van der Waals surface area contributed by atoms with Crippen molar-refractivity contribution in [3.63, 3.8) is 0 Å². The highest BCUT2D eigenvalue weighted by Gasteiger charge is 2.36. The first kappa shape index (κ1) is 18.7. The molecule has 27 heavy (non-hydrogen) atoms. The van der Waals surface area contributed by atoms with E-state index in [0.29, 0.717) is 17.9 Å². The molecule has 1 aliphatic rings. The van der Waals surface area contributed by atoms with Crippen molar-refractivity contribution in [1.29, 1.82) is 0 Å². The Hall–Kier alpha value is -3.12. The number of nitrogens with zero attached hydrogens (tertiary/aromatic N) is 1. The van der Waals surface area contributed by atoms with Crippen molar-refractivity contribution in [1.82, 2.24) is 4.90 Å². The standard InChI is InChI=1S/C21H23N3O3/c1-24-12-16(17(13-24)21(26)27)15-9-6-14(7-10-15)8-11-20(25)23-19-5-3-2-4-18(19)22/h2-11,16-17H,12-13,22H2,1H3,(H,23,25)(H,26,27)/b11-8+/t16-,17+/m1/s1. The number of amides is 1. The molecule has 1 amide bonds. The predicted molar refractivity (Wildman–Crippen MR) is 106 cm³/mol. The van der Waals surface area contributed by atoms with Crippen LogP contribution in [0.2, 0.25) is 0 Å². The van der Waals surface area contributed by atoms with Crippen molar-refractivity contribution in [2.75, 3.05) is 31.2 Å². The molecule has 140 valence electrons. The summed E-state index contributed by atoms with van der Waals surface area (Å²) in [6.45, 7) is 1.29. The van der Waals surface area contributed by atoms with Gasteiger partial charge in [0.15, 0.2) is 0 Å². The van der Waals surface area contributed by atoms with Crippen molar-refractivity contribution < 1.29 is 14.7 Å². The summed E-state index contributed by atoms with van der Waals surface area (Å²) in [5.41, 5.74) is 8.77. The monoisotopic (exact) mass is 365 g/mol. The van der Waals surface area contributed by atoms with Crippen LogP contribution in [0.3, 0.4) is 0 Å². The summed E-state index contributed by atoms with van der Waals surface area (Å²) in [5, 5.41) is 12.2. The number of likely N-dealkylation sites (tertiary alicyclic amines) is 1. The number of carbonyl (C=O) groups is 2. The Kier molecular flexibility index (Phi) is 5.57. The van der Waals surface area contributed by atoms with Gasteiger partial charge in [-0.25, -0.2) is 0 Å². The number of carbonyl (C=O) groups excluding carboxylic acids is 1. The number of benzene rings is 2. The number of para-hydroxylation sites is 2. The number of nitrogens with one attached hydrogen (secondary N) is 1. The normalized spacial score (nSPS) is 20.0. The molecular formula is C21H23N3O3. The van der Waals surface area contributed by atoms with Gasteiger partial charge in [0, 0.05) is 25.1 Å². The van der Waals surface area contributed by atoms with Crippen LogP contribution in [0.5, 0.6) is 0 Å². The molecule has 1 aliphatic heterocycles. The molecule has 1 saturated heterocycles. The second-order valence-electron chi connectivity index (χ2n) is 6.85. The highest BCUT2D eigenvalue weighted by atomic mass is 16.4. The number of anilines is 2. The molecule has 0 unspecified atom stereocenters. The summed E-state index contributed by atoms with van der Waals surface area (Å²) in [7, 11) is 1.94. The van der Waals surface area contributed by atoms with E-state index in [-0.39, 0.29) is 11.8 Å². The van der Waals surface area contributed by atoms with Crippen molar-refractivity contribution in [3.8, 4) is 0 Å². The first-order valence-corrected chi connectivity index (χ1v) is 8.79. The van der Waals surface area contributed by atoms with E-state index in [9.17, 15) is 14.7 Å². The lowest BCUT2D eigenvalue weighted by molar-refractivity contribution is -0.141. The fraction of sp³-hybridized carbons (Fsp3) is 0.238. The third-order valence-electron chi connectivity index (χ3n) is 4.83. The van der Waals surface area contributed by atoms with Gasteiger partial charge in [0.25, 0.3) is 0 Å². The van der Waals surface area contributed by atoms with Gasteiger partial charge in [0.1, 0.15) is 0 Å². The molecule has 0 bridgehead atoms. The van der Waals surface area contributed by atoms with Gasteiger partial charge >= 0.3 is 5.97 Å². The van der Waals surface area contributed by atoms with Crippen LogP contribution in [0.4, 0.5) is 11.4 Å². The highest BCUT2D eigenvalue weighted by molar-refractivity contribution is 6.03. The molecule has 4 N–H and O–H groups in total. The number of hydrogen-bond acceptors (Lipinski definition) is 4. The quantitative estimate of drug-likeness (QED) is 0.559. The van der Waals surface area contributed by atoms with Crippen LogP contribution in [-0.2, 0) is 9.59 Å². The molecule has 0 radical (unpaired) electrons. The van der Waals surface area contributed by atoms with Gasteiger partial charge in [-0.3, -0.25) is 9.59 Å². The topological polar surface area (TPSA) is 95.7 Å². The lowest BCUT2D eigenvalue weighted by Gasteiger charge is -2.15. The lowest BCUT2D eigenvalue weighted by atomic mass is 9.88. The third kappa shape index (κ3) is 4.54. The number of nitrogens with two attached hydrogens (primary N) is 1. The summed E-state index contributed by atoms with van der Waals surface area (Å²) < 4.78 is 0. The molecule has 1 heterocycles. The maximum absolute atomic E-state index is 12.0. The van der Waals surface area contributed by atoms with E-state index in [1.54, 1.807) is 30.3 Å². The van der Waals surface area contributed by atoms with Crippen molar-refractivity contribution in [2.45, 2.75) is 5.92 Å². The Labute approximate surface area is 158 Å². The predicted octanol–water partition coefficient (Wildman–Crippen LogP) is 2.65. The second kappa shape index (κ2) is 8.05. The first-order valence-electron chi connectivity index (χ1n) is 8.79. The number of aliphatic carboxylic acids is 1. The Morgan fingerprint density at radius 3 is 2.52 bits per heavy atom. The van der Waals surface area contributed by atoms with Gasteiger partial charge in [-0.05, 0) is 36.4 Å². The van der Waals surface area contributed by atoms with Crippen molar-refractivity contribution >= 4 is 29.3 Å². The van der Waals surface area contributed by atoms with Crippen LogP contribution in [0, 0.1) is 5.92 Å². The Balaban J connectivity index is 1.65. The van der Waals surface area contributed by atoms with E-state index in [1.807, 2.05) is 36.2 Å². The van der Waals surface area contributed by atoms with E-state index in [1.165, 1.54) is 6.08 Å². The van der Waals surface area contributed by atoms with E-state index in [4.69, 9.17) is 5.73 Å². The molecule has 6 nitrogen and oxygen atoms in total. The summed E-state index contributed by atoms with van der Waals surface area (Å²) in [4.78, 5) is 25.5. The Morgan fingerprint density at radius 1 is 1.15 bits per heavy atom. The highest BCUT2D eigenvalue weighted by Crippen LogP contribution is 2.32. The number of hydrogen-bond donors (Lipinski definition) is 3. The van der Waals surface area contributed by atoms with Crippen LogP contribution in [0.1, 0.15) is 17.0 Å². The van der Waals surface area contributed by atoms with Gasteiger partial charge in [-0.15, -0.1) is 0 Å². The summed E-state index contributed by atoms with van der Waals surface area (Å²) in [6, 6.07) is 14.7. The van der Waals surface area contributed by atoms with Gasteiger partial charge in [0.2, 0.25) is 5.91 Å². The zero-order valence-electron chi connectivity index (χ0n) is 15.1. The molecule has 0 spiro atoms. The lowest BCUT2D eigenvalue weighted by Crippen LogP contribution is -2.21. The van der Waals surface area contributed by atoms with Gasteiger partial charge < -0.3 is 21.1 Å². The molecule has 2 aromatic carbocycles. The van der Waals surface area contributed by atoms with Crippen LogP contribution in [0.25, 0.3) is 6.08 Å². The third-order valence-corrected chi connectivity index (χ3v) is 4.83. The Bertz CT molecular complexity index is 861. The average molecular weight is 365 g/mol. The number of carboxylic acids is 1. The molecule has 0 aromatic heterocycles. The SMILES string of the molecule is CN1C[C@H](C(=O)O)[C@@H](c2ccc(/C=C/C(=O)Nc3ccccc3N)cc2)C1. The fourth-order valence-corrected chi connectivity index (χ4v) is 3.40. The molecule has 1 fully saturated rings. The van der Waals surface area contributed by atoms with E-state index < -0.39 is 11.9 Å². The zero-order chi connectivity index (χ0) is 19.4. The van der Waals surface area contributed by atoms with Gasteiger partial charge in [-0.2, -0.15) is 0 Å². The molecule has 0 aliphatic carbocycles. The minimum Gasteiger partial charge on any atom is -0.481 e. The van der Waals surface area contributed by atoms with Crippen molar-refractivity contribution in [3.05, 3.63) is 65.7 Å². The number of carboxylic acid groups (broad SMARTS) is 1. The molecule has 2 aromatic rings. The van der Waals surface area contributed by atoms with E-state index >= 15 is 0 Å². The van der Waals surface area contributed by atoms with E-state index in [0.717, 1.165) is 17.7 Å². The molecule has 2 atom stereocenters. The molecule has 6 heteroatoms. The Morgan fingerprint density at radius 2 is 1.85 bits per heavy atom. The van der Waals surface area contributed by atoms with Gasteiger partial charge in [0.05, 0.1) is 17.3 Å². The summed E-state index contributed by atoms with van der Waals surface area (Å²) in [6.07, 6.45) is 3.17. The van der Waals surface area contributed by atoms with Crippen LogP contribution >= 0.6 is 0 Å². The van der Waals surface area contributed by atoms with Crippen LogP contribution < -0.4 is 11.1 Å². The van der Waals surface area contributed by atoms with Crippen molar-refractivity contribution in [2.24, 2.45) is 5.92 Å². The smallest absolute Gasteiger partial charge is 0.308 e. The number of nitrogen functional groups attached to an aromatic ring is 1. The fourth-order valence-electron chi connectivity index (χ4n) is 3.40. The second-order valence-corrected chi connectivity index (χ2v) is 6.85. The molecular weight excluding hydrogens is 342 g/mol. The molecule has 3 rings (SSSR count). The average Bonchev–Trinajstić information content (AvgIpc) is 3.04. The summed E-state index contributed by atoms with van der Waals surface area (Å²) >= 11 is 0. The number of likely N-dealkylation sites (N-methyl/N-ethyl adjacent to an activating group) is 1. The number of rotatable bonds is 5. The van der Waals surface area contributed by atoms with E-state index in [2.05, 4.69) is 5.32 Å². The zero-order valence-corrected chi connectivity index (χ0v) is 15.1. The summed E-state index contributed by atoms with van der Waals surface area (Å²) in [5.74, 6) is -1.43. The first-order chi connectivity index (χ1) is 12.9. The maximum atomic E-state index is 12.0. The van der Waals surface area contributed by atoms with Crippen LogP contribution in [0.15, 0.2) is 54.6 Å². The minimum atomic E-state index is -0.759. The van der Waals surface area contributed by atoms with Crippen LogP contribution in [-0.4, -0.2) is 42.0 Å².